The molecule has 1 saturated carbocycles. The molecule has 0 bridgehead atoms. The van der Waals surface area contributed by atoms with Crippen molar-refractivity contribution in [2.24, 2.45) is 5.73 Å². The van der Waals surface area contributed by atoms with E-state index in [0.29, 0.717) is 6.54 Å². The number of nitrogens with one attached hydrogen (secondary N) is 1. The van der Waals surface area contributed by atoms with E-state index < -0.39 is 5.60 Å². The van der Waals surface area contributed by atoms with Crippen molar-refractivity contribution < 1.29 is 9.53 Å². The zero-order valence-corrected chi connectivity index (χ0v) is 10.4. The second-order valence-corrected chi connectivity index (χ2v) is 5.37. The van der Waals surface area contributed by atoms with Gasteiger partial charge in [0.25, 0.3) is 0 Å². The number of ether oxygens (including phenoxy) is 1. The lowest BCUT2D eigenvalue weighted by molar-refractivity contribution is 0.0421. The van der Waals surface area contributed by atoms with E-state index in [-0.39, 0.29) is 11.6 Å². The lowest BCUT2D eigenvalue weighted by Gasteiger charge is -2.44. The third kappa shape index (κ3) is 2.98. The van der Waals surface area contributed by atoms with Gasteiger partial charge in [0.1, 0.15) is 5.60 Å². The summed E-state index contributed by atoms with van der Waals surface area (Å²) in [6.07, 6.45) is 2.51. The molecule has 92 valence electrons. The second kappa shape index (κ2) is 4.45. The van der Waals surface area contributed by atoms with Crippen molar-refractivity contribution >= 4 is 6.09 Å². The van der Waals surface area contributed by atoms with Crippen LogP contribution in [0.1, 0.15) is 40.0 Å². The molecule has 0 aromatic carbocycles. The topological polar surface area (TPSA) is 64.3 Å². The molecule has 1 amide bonds. The largest absolute Gasteiger partial charge is 0.444 e. The monoisotopic (exact) mass is 226 g/mol. The van der Waals surface area contributed by atoms with Crippen LogP contribution in [-0.4, -0.2) is 23.8 Å². The number of hydrogen-bond donors (Lipinski definition) is 2. The average molecular weight is 226 g/mol. The van der Waals surface area contributed by atoms with Crippen LogP contribution in [0.4, 0.5) is 4.79 Å². The Labute approximate surface area is 97.2 Å². The van der Waals surface area contributed by atoms with Crippen molar-refractivity contribution in [3.63, 3.8) is 0 Å². The Bertz CT molecular complexity index is 288. The minimum Gasteiger partial charge on any atom is -0.444 e. The van der Waals surface area contributed by atoms with Crippen LogP contribution in [-0.2, 0) is 4.74 Å². The maximum absolute atomic E-state index is 11.7. The van der Waals surface area contributed by atoms with Crippen molar-refractivity contribution in [1.82, 2.24) is 5.32 Å². The SMILES string of the molecule is C=C(CN)C1(NC(=O)OC(C)(C)C)CCC1. The Hall–Kier alpha value is -1.03. The van der Waals surface area contributed by atoms with Gasteiger partial charge in [0, 0.05) is 6.54 Å². The van der Waals surface area contributed by atoms with E-state index in [4.69, 9.17) is 10.5 Å². The molecule has 0 spiro atoms. The average Bonchev–Trinajstić information content (AvgIpc) is 2.07. The Morgan fingerprint density at radius 2 is 2.06 bits per heavy atom. The summed E-state index contributed by atoms with van der Waals surface area (Å²) in [5.74, 6) is 0. The predicted molar refractivity (Wildman–Crippen MR) is 64.1 cm³/mol. The third-order valence-electron chi connectivity index (χ3n) is 2.87. The summed E-state index contributed by atoms with van der Waals surface area (Å²) in [5, 5.41) is 2.90. The predicted octanol–water partition coefficient (Wildman–Crippen LogP) is 1.95. The van der Waals surface area contributed by atoms with Crippen molar-refractivity contribution in [1.29, 1.82) is 0 Å². The molecule has 1 rings (SSSR count). The van der Waals surface area contributed by atoms with Gasteiger partial charge in [-0.05, 0) is 45.6 Å². The van der Waals surface area contributed by atoms with Crippen LogP contribution in [0, 0.1) is 0 Å². The molecule has 3 N–H and O–H groups in total. The molecule has 4 nitrogen and oxygen atoms in total. The Kier molecular flexibility index (Phi) is 3.63. The van der Waals surface area contributed by atoms with Gasteiger partial charge in [0.2, 0.25) is 0 Å². The van der Waals surface area contributed by atoms with E-state index in [1.165, 1.54) is 0 Å². The molecule has 0 aliphatic heterocycles. The summed E-state index contributed by atoms with van der Waals surface area (Å²) in [6.45, 7) is 9.86. The van der Waals surface area contributed by atoms with E-state index in [1.54, 1.807) is 0 Å². The maximum atomic E-state index is 11.7. The number of carbonyl (C=O) groups excluding carboxylic acids is 1. The number of nitrogens with two attached hydrogens (primary N) is 1. The van der Waals surface area contributed by atoms with Crippen molar-refractivity contribution in [3.8, 4) is 0 Å². The summed E-state index contributed by atoms with van der Waals surface area (Å²) >= 11 is 0. The van der Waals surface area contributed by atoms with Crippen molar-refractivity contribution in [3.05, 3.63) is 12.2 Å². The molecule has 0 atom stereocenters. The van der Waals surface area contributed by atoms with E-state index in [2.05, 4.69) is 11.9 Å². The quantitative estimate of drug-likeness (QED) is 0.723. The summed E-state index contributed by atoms with van der Waals surface area (Å²) in [4.78, 5) is 11.7. The first-order chi connectivity index (χ1) is 7.29. The molecule has 16 heavy (non-hydrogen) atoms. The van der Waals surface area contributed by atoms with E-state index in [0.717, 1.165) is 24.8 Å². The minimum absolute atomic E-state index is 0.322. The fourth-order valence-corrected chi connectivity index (χ4v) is 1.79. The lowest BCUT2D eigenvalue weighted by atomic mass is 9.72. The van der Waals surface area contributed by atoms with Gasteiger partial charge in [-0.15, -0.1) is 0 Å². The van der Waals surface area contributed by atoms with Crippen LogP contribution in [0.3, 0.4) is 0 Å². The number of alkyl carbamates (subject to hydrolysis) is 1. The van der Waals surface area contributed by atoms with E-state index in [9.17, 15) is 4.79 Å². The highest BCUT2D eigenvalue weighted by atomic mass is 16.6. The standard InChI is InChI=1S/C12H22N2O2/c1-9(8-13)12(6-5-7-12)14-10(15)16-11(2,3)4/h1,5-8,13H2,2-4H3,(H,14,15). The van der Waals surface area contributed by atoms with Crippen LogP contribution in [0.2, 0.25) is 0 Å². The molecule has 0 saturated heterocycles. The first kappa shape index (κ1) is 13.0. The molecule has 0 radical (unpaired) electrons. The zero-order chi connectivity index (χ0) is 12.4. The first-order valence-corrected chi connectivity index (χ1v) is 5.68. The maximum Gasteiger partial charge on any atom is 0.408 e. The molecule has 0 unspecified atom stereocenters. The Balaban J connectivity index is 2.58. The third-order valence-corrected chi connectivity index (χ3v) is 2.87. The molecule has 0 heterocycles. The number of hydrogen-bond acceptors (Lipinski definition) is 3. The normalized spacial score (nSPS) is 18.5. The Morgan fingerprint density at radius 1 is 1.50 bits per heavy atom. The van der Waals surface area contributed by atoms with Crippen LogP contribution < -0.4 is 11.1 Å². The summed E-state index contributed by atoms with van der Waals surface area (Å²) < 4.78 is 5.23. The van der Waals surface area contributed by atoms with Gasteiger partial charge in [-0.1, -0.05) is 6.58 Å². The number of amides is 1. The van der Waals surface area contributed by atoms with E-state index >= 15 is 0 Å². The highest BCUT2D eigenvalue weighted by molar-refractivity contribution is 5.70. The highest BCUT2D eigenvalue weighted by Gasteiger charge is 2.41. The second-order valence-electron chi connectivity index (χ2n) is 5.37. The molecule has 1 aliphatic carbocycles. The fraction of sp³-hybridized carbons (Fsp3) is 0.750. The van der Waals surface area contributed by atoms with Crippen LogP contribution in [0.25, 0.3) is 0 Å². The van der Waals surface area contributed by atoms with Gasteiger partial charge in [-0.2, -0.15) is 0 Å². The summed E-state index contributed by atoms with van der Waals surface area (Å²) in [6, 6.07) is 0. The van der Waals surface area contributed by atoms with Crippen LogP contribution in [0.5, 0.6) is 0 Å². The molecule has 0 aromatic heterocycles. The Morgan fingerprint density at radius 3 is 2.38 bits per heavy atom. The molecule has 0 aromatic rings. The van der Waals surface area contributed by atoms with Gasteiger partial charge < -0.3 is 15.8 Å². The zero-order valence-electron chi connectivity index (χ0n) is 10.4. The van der Waals surface area contributed by atoms with Gasteiger partial charge in [-0.3, -0.25) is 0 Å². The molecular weight excluding hydrogens is 204 g/mol. The summed E-state index contributed by atoms with van der Waals surface area (Å²) in [5.41, 5.74) is 5.66. The number of rotatable bonds is 3. The molecular formula is C12H22N2O2. The minimum atomic E-state index is -0.473. The first-order valence-electron chi connectivity index (χ1n) is 5.68. The lowest BCUT2D eigenvalue weighted by Crippen LogP contribution is -2.56. The van der Waals surface area contributed by atoms with Gasteiger partial charge in [0.05, 0.1) is 5.54 Å². The van der Waals surface area contributed by atoms with Crippen LogP contribution in [0.15, 0.2) is 12.2 Å². The molecule has 4 heteroatoms. The fourth-order valence-electron chi connectivity index (χ4n) is 1.79. The van der Waals surface area contributed by atoms with Crippen molar-refractivity contribution in [2.75, 3.05) is 6.54 Å². The summed E-state index contributed by atoms with van der Waals surface area (Å²) in [7, 11) is 0. The molecule has 1 aliphatic rings. The molecule has 1 fully saturated rings. The van der Waals surface area contributed by atoms with Gasteiger partial charge in [0.15, 0.2) is 0 Å². The highest BCUT2D eigenvalue weighted by Crippen LogP contribution is 2.37. The van der Waals surface area contributed by atoms with Gasteiger partial charge in [-0.25, -0.2) is 4.79 Å². The van der Waals surface area contributed by atoms with Gasteiger partial charge >= 0.3 is 6.09 Å². The van der Waals surface area contributed by atoms with Crippen LogP contribution >= 0.6 is 0 Å². The van der Waals surface area contributed by atoms with E-state index in [1.807, 2.05) is 20.8 Å². The van der Waals surface area contributed by atoms with Crippen molar-refractivity contribution in [2.45, 2.75) is 51.2 Å². The number of carbonyl (C=O) groups is 1. The smallest absolute Gasteiger partial charge is 0.408 e.